The second-order valence-electron chi connectivity index (χ2n) is 14.1. The van der Waals surface area contributed by atoms with E-state index in [4.69, 9.17) is 15.0 Å². The van der Waals surface area contributed by atoms with Crippen molar-refractivity contribution in [2.75, 3.05) is 0 Å². The van der Waals surface area contributed by atoms with Crippen LogP contribution in [0.5, 0.6) is 0 Å². The normalized spacial score (nSPS) is 11.5. The van der Waals surface area contributed by atoms with Crippen molar-refractivity contribution in [2.24, 2.45) is 0 Å². The Morgan fingerprint density at radius 2 is 0.632 bits per heavy atom. The molecule has 0 fully saturated rings. The summed E-state index contributed by atoms with van der Waals surface area (Å²) in [7, 11) is 0. The Labute approximate surface area is 329 Å². The number of fused-ring (bicyclic) bond motifs is 3. The maximum atomic E-state index is 5.27. The predicted molar refractivity (Wildman–Crippen MR) is 232 cm³/mol. The van der Waals surface area contributed by atoms with Crippen LogP contribution in [-0.4, -0.2) is 28.7 Å². The minimum Gasteiger partial charge on any atom is -0.292 e. The summed E-state index contributed by atoms with van der Waals surface area (Å²) in [5.41, 5.74) is 14.1. The van der Waals surface area contributed by atoms with E-state index >= 15 is 0 Å². The number of imidazole rings is 3. The second kappa shape index (κ2) is 13.5. The van der Waals surface area contributed by atoms with E-state index in [2.05, 4.69) is 196 Å². The molecule has 57 heavy (non-hydrogen) atoms. The van der Waals surface area contributed by atoms with Crippen LogP contribution in [0.2, 0.25) is 0 Å². The first kappa shape index (κ1) is 32.6. The topological polar surface area (TPSA) is 53.5 Å². The molecule has 268 valence electrons. The first-order valence-electron chi connectivity index (χ1n) is 19.1. The molecular formula is C51H34N6. The van der Waals surface area contributed by atoms with E-state index in [0.29, 0.717) is 0 Å². The summed E-state index contributed by atoms with van der Waals surface area (Å²) in [6.07, 6.45) is 0. The van der Waals surface area contributed by atoms with Crippen LogP contribution in [0.25, 0.3) is 95.5 Å². The first-order valence-corrected chi connectivity index (χ1v) is 19.1. The van der Waals surface area contributed by atoms with Crippen molar-refractivity contribution in [3.05, 3.63) is 206 Å². The standard InChI is InChI=1S/C51H34N6/c1-4-18-35(19-5-1)49-52-40-26-10-13-29-43(40)55(49)39-25-16-24-38(34-39)48-46(56-44-30-14-11-27-41(44)53-50(56)36-20-6-2-7-21-36)32-17-33-47(48)57-45-31-15-12-28-42(45)54-51(57)37-22-8-3-9-23-37/h1-34H. The van der Waals surface area contributed by atoms with Crippen LogP contribution in [0.3, 0.4) is 0 Å². The molecule has 0 aliphatic heterocycles. The van der Waals surface area contributed by atoms with Crippen LogP contribution in [0.15, 0.2) is 206 Å². The van der Waals surface area contributed by atoms with Crippen molar-refractivity contribution in [3.63, 3.8) is 0 Å². The zero-order chi connectivity index (χ0) is 37.7. The van der Waals surface area contributed by atoms with Crippen molar-refractivity contribution in [3.8, 4) is 62.4 Å². The van der Waals surface area contributed by atoms with E-state index in [1.807, 2.05) is 24.3 Å². The van der Waals surface area contributed by atoms with E-state index in [-0.39, 0.29) is 0 Å². The first-order chi connectivity index (χ1) is 28.3. The lowest BCUT2D eigenvalue weighted by Crippen LogP contribution is -2.06. The Kier molecular flexibility index (Phi) is 7.71. The summed E-state index contributed by atoms with van der Waals surface area (Å²) < 4.78 is 6.92. The summed E-state index contributed by atoms with van der Waals surface area (Å²) in [6, 6.07) is 71.9. The van der Waals surface area contributed by atoms with E-state index < -0.39 is 0 Å². The molecule has 3 heterocycles. The second-order valence-corrected chi connectivity index (χ2v) is 14.1. The largest absolute Gasteiger partial charge is 0.292 e. The van der Waals surface area contributed by atoms with Crippen molar-refractivity contribution in [2.45, 2.75) is 0 Å². The summed E-state index contributed by atoms with van der Waals surface area (Å²) in [6.45, 7) is 0. The van der Waals surface area contributed by atoms with Crippen LogP contribution in [0.1, 0.15) is 0 Å². The SMILES string of the molecule is c1ccc(-c2nc3ccccc3n2-c2cccc(-c3c(-n4c(-c5ccccc5)nc5ccccc54)cccc3-n3c(-c4ccccc4)nc4ccccc43)c2)cc1. The molecule has 0 saturated carbocycles. The van der Waals surface area contributed by atoms with E-state index in [0.717, 1.165) is 95.5 Å². The van der Waals surface area contributed by atoms with Crippen molar-refractivity contribution in [1.29, 1.82) is 0 Å². The summed E-state index contributed by atoms with van der Waals surface area (Å²) in [5, 5.41) is 0. The lowest BCUT2D eigenvalue weighted by atomic mass is 9.99. The number of benzene rings is 8. The zero-order valence-corrected chi connectivity index (χ0v) is 30.8. The van der Waals surface area contributed by atoms with Crippen LogP contribution in [0, 0.1) is 0 Å². The van der Waals surface area contributed by atoms with Gasteiger partial charge in [-0.1, -0.05) is 146 Å². The minimum atomic E-state index is 0.872. The Morgan fingerprint density at radius 1 is 0.281 bits per heavy atom. The molecule has 0 aliphatic rings. The average Bonchev–Trinajstić information content (AvgIpc) is 3.99. The third-order valence-corrected chi connectivity index (χ3v) is 10.7. The lowest BCUT2D eigenvalue weighted by molar-refractivity contribution is 1.07. The smallest absolute Gasteiger partial charge is 0.145 e. The van der Waals surface area contributed by atoms with Crippen LogP contribution in [0.4, 0.5) is 0 Å². The van der Waals surface area contributed by atoms with Crippen molar-refractivity contribution >= 4 is 33.1 Å². The van der Waals surface area contributed by atoms with Gasteiger partial charge >= 0.3 is 0 Å². The van der Waals surface area contributed by atoms with Gasteiger partial charge in [0.2, 0.25) is 0 Å². The minimum absolute atomic E-state index is 0.872. The van der Waals surface area contributed by atoms with Crippen molar-refractivity contribution in [1.82, 2.24) is 28.7 Å². The molecule has 0 spiro atoms. The highest BCUT2D eigenvalue weighted by molar-refractivity contribution is 5.93. The monoisotopic (exact) mass is 730 g/mol. The number of aromatic nitrogens is 6. The predicted octanol–water partition coefficient (Wildman–Crippen LogP) is 12.4. The van der Waals surface area contributed by atoms with E-state index in [1.165, 1.54) is 0 Å². The van der Waals surface area contributed by atoms with Gasteiger partial charge in [-0.25, -0.2) is 15.0 Å². The van der Waals surface area contributed by atoms with E-state index in [9.17, 15) is 0 Å². The third-order valence-electron chi connectivity index (χ3n) is 10.7. The summed E-state index contributed by atoms with van der Waals surface area (Å²) in [4.78, 5) is 15.7. The fraction of sp³-hybridized carbons (Fsp3) is 0. The highest BCUT2D eigenvalue weighted by Crippen LogP contribution is 2.42. The van der Waals surface area contributed by atoms with Gasteiger partial charge < -0.3 is 0 Å². The summed E-state index contributed by atoms with van der Waals surface area (Å²) >= 11 is 0. The molecular weight excluding hydrogens is 697 g/mol. The quantitative estimate of drug-likeness (QED) is 0.164. The Bertz CT molecular complexity index is 3090. The molecule has 0 amide bonds. The van der Waals surface area contributed by atoms with Gasteiger partial charge in [-0.3, -0.25) is 13.7 Å². The molecule has 3 aromatic heterocycles. The highest BCUT2D eigenvalue weighted by atomic mass is 15.1. The molecule has 6 heteroatoms. The van der Waals surface area contributed by atoms with Gasteiger partial charge in [0.25, 0.3) is 0 Å². The van der Waals surface area contributed by atoms with Gasteiger partial charge in [0, 0.05) is 27.9 Å². The average molecular weight is 731 g/mol. The number of nitrogens with zero attached hydrogens (tertiary/aromatic N) is 6. The van der Waals surface area contributed by atoms with Gasteiger partial charge in [-0.05, 0) is 66.2 Å². The molecule has 11 rings (SSSR count). The molecule has 0 saturated heterocycles. The Balaban J connectivity index is 1.25. The highest BCUT2D eigenvalue weighted by Gasteiger charge is 2.24. The Morgan fingerprint density at radius 3 is 1.09 bits per heavy atom. The molecule has 0 bridgehead atoms. The van der Waals surface area contributed by atoms with Crippen LogP contribution in [-0.2, 0) is 0 Å². The molecule has 11 aromatic rings. The van der Waals surface area contributed by atoms with Gasteiger partial charge in [-0.15, -0.1) is 0 Å². The van der Waals surface area contributed by atoms with Gasteiger partial charge in [-0.2, -0.15) is 0 Å². The zero-order valence-electron chi connectivity index (χ0n) is 30.8. The van der Waals surface area contributed by atoms with Crippen molar-refractivity contribution < 1.29 is 0 Å². The summed E-state index contributed by atoms with van der Waals surface area (Å²) in [5.74, 6) is 2.63. The maximum Gasteiger partial charge on any atom is 0.145 e. The number of hydrogen-bond donors (Lipinski definition) is 0. The molecule has 6 nitrogen and oxygen atoms in total. The fourth-order valence-electron chi connectivity index (χ4n) is 8.17. The van der Waals surface area contributed by atoms with E-state index in [1.54, 1.807) is 0 Å². The molecule has 0 radical (unpaired) electrons. The lowest BCUT2D eigenvalue weighted by Gasteiger charge is -2.21. The van der Waals surface area contributed by atoms with Gasteiger partial charge in [0.05, 0.1) is 44.5 Å². The molecule has 8 aromatic carbocycles. The number of hydrogen-bond acceptors (Lipinski definition) is 3. The van der Waals surface area contributed by atoms with Gasteiger partial charge in [0.15, 0.2) is 0 Å². The molecule has 0 aliphatic carbocycles. The molecule has 0 unspecified atom stereocenters. The molecule has 0 atom stereocenters. The third kappa shape index (κ3) is 5.46. The molecule has 0 N–H and O–H groups in total. The number of rotatable bonds is 7. The van der Waals surface area contributed by atoms with Crippen LogP contribution < -0.4 is 0 Å². The maximum absolute atomic E-state index is 5.27. The van der Waals surface area contributed by atoms with Crippen LogP contribution >= 0.6 is 0 Å². The number of para-hydroxylation sites is 6. The Hall–Kier alpha value is -7.83. The fourth-order valence-corrected chi connectivity index (χ4v) is 8.17. The van der Waals surface area contributed by atoms with Gasteiger partial charge in [0.1, 0.15) is 17.5 Å².